The summed E-state index contributed by atoms with van der Waals surface area (Å²) < 4.78 is 0. The van der Waals surface area contributed by atoms with Crippen LogP contribution in [0.4, 0.5) is 5.69 Å². The largest absolute Gasteiger partial charge is 0.335 e. The molecule has 2 aliphatic rings. The maximum absolute atomic E-state index is 12.3. The third kappa shape index (κ3) is 2.38. The van der Waals surface area contributed by atoms with Crippen LogP contribution in [0.25, 0.3) is 6.08 Å². The highest BCUT2D eigenvalue weighted by molar-refractivity contribution is 6.35. The normalized spacial score (nSPS) is 23.3. The average Bonchev–Trinajstić information content (AvgIpc) is 2.98. The summed E-state index contributed by atoms with van der Waals surface area (Å²) >= 11 is 12.3. The molecule has 2 aliphatic heterocycles. The molecular formula is C21H20Cl2N2O. The molecule has 2 heterocycles. The minimum absolute atomic E-state index is 0.0242. The van der Waals surface area contributed by atoms with E-state index in [1.807, 2.05) is 18.2 Å². The molecule has 2 aromatic carbocycles. The van der Waals surface area contributed by atoms with E-state index in [9.17, 15) is 4.79 Å². The number of carbonyl (C=O) groups excluding carboxylic acids is 1. The maximum atomic E-state index is 12.3. The first-order valence-electron chi connectivity index (χ1n) is 8.59. The zero-order valence-corrected chi connectivity index (χ0v) is 16.4. The van der Waals surface area contributed by atoms with E-state index < -0.39 is 5.66 Å². The number of nitrogens with zero attached hydrogens (tertiary/aromatic N) is 1. The van der Waals surface area contributed by atoms with Crippen LogP contribution in [0.5, 0.6) is 0 Å². The Morgan fingerprint density at radius 1 is 1.15 bits per heavy atom. The van der Waals surface area contributed by atoms with Crippen LogP contribution in [0.15, 0.2) is 42.5 Å². The molecule has 134 valence electrons. The zero-order valence-electron chi connectivity index (χ0n) is 14.9. The van der Waals surface area contributed by atoms with Crippen molar-refractivity contribution in [3.8, 4) is 0 Å². The van der Waals surface area contributed by atoms with E-state index in [2.05, 4.69) is 55.3 Å². The Labute approximate surface area is 163 Å². The number of nitrogens with one attached hydrogen (secondary N) is 1. The predicted molar refractivity (Wildman–Crippen MR) is 108 cm³/mol. The van der Waals surface area contributed by atoms with Crippen molar-refractivity contribution < 1.29 is 4.79 Å². The molecule has 1 atom stereocenters. The van der Waals surface area contributed by atoms with E-state index in [0.29, 0.717) is 16.6 Å². The van der Waals surface area contributed by atoms with Crippen LogP contribution in [-0.4, -0.2) is 18.1 Å². The van der Waals surface area contributed by atoms with Crippen molar-refractivity contribution in [1.29, 1.82) is 0 Å². The van der Waals surface area contributed by atoms with E-state index in [4.69, 9.17) is 23.2 Å². The zero-order chi connectivity index (χ0) is 18.7. The predicted octanol–water partition coefficient (Wildman–Crippen LogP) is 4.94. The van der Waals surface area contributed by atoms with Crippen molar-refractivity contribution in [3.05, 3.63) is 69.2 Å². The molecule has 0 radical (unpaired) electrons. The Morgan fingerprint density at radius 2 is 1.92 bits per heavy atom. The molecule has 1 saturated heterocycles. The number of benzene rings is 2. The van der Waals surface area contributed by atoms with Crippen LogP contribution in [0.3, 0.4) is 0 Å². The van der Waals surface area contributed by atoms with Gasteiger partial charge in [-0.25, -0.2) is 0 Å². The topological polar surface area (TPSA) is 32.3 Å². The SMILES string of the molecule is Cc1ccc2c(c1)C(C)(C)C1(/C=C/c3ccc(Cl)cc3Cl)NC(=O)CN21. The average molecular weight is 387 g/mol. The van der Waals surface area contributed by atoms with Gasteiger partial charge >= 0.3 is 0 Å². The number of hydrogen-bond donors (Lipinski definition) is 1. The Hall–Kier alpha value is -1.97. The van der Waals surface area contributed by atoms with E-state index in [1.54, 1.807) is 6.07 Å². The molecular weight excluding hydrogens is 367 g/mol. The number of carbonyl (C=O) groups is 1. The van der Waals surface area contributed by atoms with Crippen LogP contribution in [0, 0.1) is 6.92 Å². The van der Waals surface area contributed by atoms with E-state index in [1.165, 1.54) is 11.1 Å². The molecule has 3 nitrogen and oxygen atoms in total. The molecule has 0 aromatic heterocycles. The van der Waals surface area contributed by atoms with Crippen molar-refractivity contribution in [3.63, 3.8) is 0 Å². The summed E-state index contributed by atoms with van der Waals surface area (Å²) in [4.78, 5) is 14.5. The molecule has 5 heteroatoms. The molecule has 26 heavy (non-hydrogen) atoms. The van der Waals surface area contributed by atoms with Crippen molar-refractivity contribution in [2.45, 2.75) is 31.8 Å². The molecule has 1 unspecified atom stereocenters. The summed E-state index contributed by atoms with van der Waals surface area (Å²) in [5.41, 5.74) is 3.51. The highest BCUT2D eigenvalue weighted by Crippen LogP contribution is 2.53. The third-order valence-corrected chi connectivity index (χ3v) is 6.16. The fraction of sp³-hybridized carbons (Fsp3) is 0.286. The summed E-state index contributed by atoms with van der Waals surface area (Å²) in [6.07, 6.45) is 4.03. The second kappa shape index (κ2) is 5.77. The lowest BCUT2D eigenvalue weighted by Crippen LogP contribution is -2.58. The fourth-order valence-corrected chi connectivity index (χ4v) is 4.61. The van der Waals surface area contributed by atoms with Crippen molar-refractivity contribution in [1.82, 2.24) is 5.32 Å². The van der Waals surface area contributed by atoms with Crippen molar-refractivity contribution in [2.75, 3.05) is 11.4 Å². The Morgan fingerprint density at radius 3 is 2.65 bits per heavy atom. The lowest BCUT2D eigenvalue weighted by molar-refractivity contribution is -0.118. The highest BCUT2D eigenvalue weighted by Gasteiger charge is 2.59. The smallest absolute Gasteiger partial charge is 0.241 e. The van der Waals surface area contributed by atoms with Gasteiger partial charge in [-0.05, 0) is 42.3 Å². The molecule has 4 rings (SSSR count). The van der Waals surface area contributed by atoms with Crippen LogP contribution < -0.4 is 10.2 Å². The Bertz CT molecular complexity index is 951. The van der Waals surface area contributed by atoms with Gasteiger partial charge in [0.05, 0.1) is 6.54 Å². The van der Waals surface area contributed by atoms with Gasteiger partial charge in [-0.15, -0.1) is 0 Å². The molecule has 0 spiro atoms. The van der Waals surface area contributed by atoms with E-state index in [-0.39, 0.29) is 11.3 Å². The maximum Gasteiger partial charge on any atom is 0.241 e. The van der Waals surface area contributed by atoms with Gasteiger partial charge in [-0.1, -0.05) is 66.9 Å². The third-order valence-electron chi connectivity index (χ3n) is 5.59. The van der Waals surface area contributed by atoms with Gasteiger partial charge in [0.15, 0.2) is 0 Å². The van der Waals surface area contributed by atoms with Crippen LogP contribution in [-0.2, 0) is 10.2 Å². The first kappa shape index (κ1) is 17.4. The van der Waals surface area contributed by atoms with Crippen LogP contribution >= 0.6 is 23.2 Å². The lowest BCUT2D eigenvalue weighted by Gasteiger charge is -2.40. The summed E-state index contributed by atoms with van der Waals surface area (Å²) in [5.74, 6) is 0.0242. The molecule has 2 aromatic rings. The first-order valence-corrected chi connectivity index (χ1v) is 9.34. The summed E-state index contributed by atoms with van der Waals surface area (Å²) in [6, 6.07) is 11.8. The number of fused-ring (bicyclic) bond motifs is 3. The highest BCUT2D eigenvalue weighted by atomic mass is 35.5. The van der Waals surface area contributed by atoms with Gasteiger partial charge in [0.1, 0.15) is 5.66 Å². The second-order valence-electron chi connectivity index (χ2n) is 7.55. The van der Waals surface area contributed by atoms with Gasteiger partial charge in [0.25, 0.3) is 0 Å². The molecule has 1 fully saturated rings. The van der Waals surface area contributed by atoms with Crippen LogP contribution in [0.1, 0.15) is 30.5 Å². The molecule has 1 N–H and O–H groups in total. The Kier molecular flexibility index (Phi) is 3.87. The van der Waals surface area contributed by atoms with E-state index >= 15 is 0 Å². The molecule has 0 aliphatic carbocycles. The quantitative estimate of drug-likeness (QED) is 0.792. The standard InChI is InChI=1S/C21H20Cl2N2O/c1-13-4-7-18-16(10-13)20(2,3)21(24-19(26)12-25(18)21)9-8-14-5-6-15(22)11-17(14)23/h4-11H,12H2,1-3H3,(H,24,26)/b9-8+. The fourth-order valence-electron chi connectivity index (χ4n) is 4.13. The van der Waals surface area contributed by atoms with Crippen molar-refractivity contribution >= 4 is 40.9 Å². The van der Waals surface area contributed by atoms with E-state index in [0.717, 1.165) is 11.3 Å². The van der Waals surface area contributed by atoms with Gasteiger partial charge in [-0.3, -0.25) is 4.79 Å². The van der Waals surface area contributed by atoms with Gasteiger partial charge in [0, 0.05) is 21.1 Å². The number of rotatable bonds is 2. The Balaban J connectivity index is 1.85. The summed E-state index contributed by atoms with van der Waals surface area (Å²) in [7, 11) is 0. The number of anilines is 1. The number of halogens is 2. The van der Waals surface area contributed by atoms with Crippen LogP contribution in [0.2, 0.25) is 10.0 Å². The van der Waals surface area contributed by atoms with Gasteiger partial charge < -0.3 is 10.2 Å². The number of aryl methyl sites for hydroxylation is 1. The minimum Gasteiger partial charge on any atom is -0.335 e. The molecule has 0 saturated carbocycles. The lowest BCUT2D eigenvalue weighted by atomic mass is 9.75. The summed E-state index contributed by atoms with van der Waals surface area (Å²) in [6.45, 7) is 6.78. The molecule has 1 amide bonds. The second-order valence-corrected chi connectivity index (χ2v) is 8.39. The minimum atomic E-state index is -0.622. The summed E-state index contributed by atoms with van der Waals surface area (Å²) in [5, 5.41) is 4.41. The van der Waals surface area contributed by atoms with Crippen molar-refractivity contribution in [2.24, 2.45) is 0 Å². The number of amides is 1. The monoisotopic (exact) mass is 386 g/mol. The molecule has 0 bridgehead atoms. The van der Waals surface area contributed by atoms with Gasteiger partial charge in [-0.2, -0.15) is 0 Å². The van der Waals surface area contributed by atoms with Gasteiger partial charge in [0.2, 0.25) is 5.91 Å². The number of hydrogen-bond acceptors (Lipinski definition) is 2. The first-order chi connectivity index (χ1) is 12.2.